The van der Waals surface area contributed by atoms with E-state index < -0.39 is 6.04 Å². The Morgan fingerprint density at radius 3 is 2.59 bits per heavy atom. The second kappa shape index (κ2) is 11.6. The number of benzene rings is 2. The zero-order valence-corrected chi connectivity index (χ0v) is 19.4. The summed E-state index contributed by atoms with van der Waals surface area (Å²) in [6.07, 6.45) is 2.83. The van der Waals surface area contributed by atoms with Crippen molar-refractivity contribution in [3.05, 3.63) is 59.2 Å². The smallest absolute Gasteiger partial charge is 0.242 e. The predicted molar refractivity (Wildman–Crippen MR) is 125 cm³/mol. The molecule has 1 unspecified atom stereocenters. The number of carbonyl (C=O) groups is 2. The van der Waals surface area contributed by atoms with Gasteiger partial charge in [0.15, 0.2) is 11.5 Å². The SMILES string of the molecule is CCCCNC(=O)C(C)N(Cc1ccccc1C)C(=O)CCc1ccc2c(c1)OCCO2. The van der Waals surface area contributed by atoms with E-state index in [2.05, 4.69) is 12.2 Å². The molecule has 0 aliphatic carbocycles. The second-order valence-electron chi connectivity index (χ2n) is 8.25. The molecule has 0 fully saturated rings. The van der Waals surface area contributed by atoms with Crippen molar-refractivity contribution in [2.45, 2.75) is 59.0 Å². The van der Waals surface area contributed by atoms with Crippen LogP contribution in [0.1, 0.15) is 49.8 Å². The van der Waals surface area contributed by atoms with Crippen LogP contribution in [0.3, 0.4) is 0 Å². The molecule has 2 aromatic carbocycles. The first kappa shape index (κ1) is 23.6. The Morgan fingerprint density at radius 2 is 1.84 bits per heavy atom. The van der Waals surface area contributed by atoms with E-state index in [0.717, 1.165) is 41.0 Å². The van der Waals surface area contributed by atoms with Crippen LogP contribution in [-0.4, -0.2) is 42.5 Å². The zero-order chi connectivity index (χ0) is 22.9. The Balaban J connectivity index is 1.70. The number of fused-ring (bicyclic) bond motifs is 1. The van der Waals surface area contributed by atoms with E-state index in [0.29, 0.717) is 39.1 Å². The molecule has 1 aliphatic heterocycles. The predicted octanol–water partition coefficient (Wildman–Crippen LogP) is 4.03. The average molecular weight is 439 g/mol. The van der Waals surface area contributed by atoms with Crippen LogP contribution in [0.5, 0.6) is 11.5 Å². The zero-order valence-electron chi connectivity index (χ0n) is 19.4. The number of carbonyl (C=O) groups excluding carboxylic acids is 2. The number of aryl methyl sites for hydroxylation is 2. The minimum absolute atomic E-state index is 0.0405. The summed E-state index contributed by atoms with van der Waals surface area (Å²) in [5.41, 5.74) is 3.17. The Hall–Kier alpha value is -3.02. The molecule has 6 nitrogen and oxygen atoms in total. The summed E-state index contributed by atoms with van der Waals surface area (Å²) < 4.78 is 11.2. The molecule has 0 bridgehead atoms. The molecule has 2 aromatic rings. The summed E-state index contributed by atoms with van der Waals surface area (Å²) in [5.74, 6) is 1.31. The highest BCUT2D eigenvalue weighted by Crippen LogP contribution is 2.31. The number of hydrogen-bond donors (Lipinski definition) is 1. The van der Waals surface area contributed by atoms with E-state index in [-0.39, 0.29) is 11.8 Å². The van der Waals surface area contributed by atoms with E-state index in [1.54, 1.807) is 4.90 Å². The lowest BCUT2D eigenvalue weighted by atomic mass is 10.0. The van der Waals surface area contributed by atoms with Gasteiger partial charge in [0.05, 0.1) is 0 Å². The maximum Gasteiger partial charge on any atom is 0.242 e. The summed E-state index contributed by atoms with van der Waals surface area (Å²) in [7, 11) is 0. The fraction of sp³-hybridized carbons (Fsp3) is 0.462. The van der Waals surface area contributed by atoms with Crippen LogP contribution in [-0.2, 0) is 22.6 Å². The van der Waals surface area contributed by atoms with Gasteiger partial charge in [-0.15, -0.1) is 0 Å². The lowest BCUT2D eigenvalue weighted by Crippen LogP contribution is -2.48. The molecule has 0 spiro atoms. The van der Waals surface area contributed by atoms with Crippen LogP contribution in [0, 0.1) is 6.92 Å². The molecule has 3 rings (SSSR count). The van der Waals surface area contributed by atoms with Gasteiger partial charge < -0.3 is 19.7 Å². The van der Waals surface area contributed by atoms with Gasteiger partial charge in [0.2, 0.25) is 11.8 Å². The number of amides is 2. The highest BCUT2D eigenvalue weighted by molar-refractivity contribution is 5.87. The van der Waals surface area contributed by atoms with Crippen molar-refractivity contribution in [3.63, 3.8) is 0 Å². The van der Waals surface area contributed by atoms with E-state index in [4.69, 9.17) is 9.47 Å². The van der Waals surface area contributed by atoms with Crippen LogP contribution >= 0.6 is 0 Å². The summed E-state index contributed by atoms with van der Waals surface area (Å²) >= 11 is 0. The first-order chi connectivity index (χ1) is 15.5. The molecule has 0 saturated heterocycles. The fourth-order valence-electron chi connectivity index (χ4n) is 3.73. The van der Waals surface area contributed by atoms with Crippen molar-refractivity contribution in [2.24, 2.45) is 0 Å². The third-order valence-electron chi connectivity index (χ3n) is 5.83. The van der Waals surface area contributed by atoms with Crippen LogP contribution in [0.4, 0.5) is 0 Å². The molecule has 0 aromatic heterocycles. The van der Waals surface area contributed by atoms with E-state index in [1.165, 1.54) is 0 Å². The molecule has 6 heteroatoms. The van der Waals surface area contributed by atoms with Crippen molar-refractivity contribution in [2.75, 3.05) is 19.8 Å². The Morgan fingerprint density at radius 1 is 1.09 bits per heavy atom. The van der Waals surface area contributed by atoms with Crippen LogP contribution in [0.2, 0.25) is 0 Å². The van der Waals surface area contributed by atoms with Crippen molar-refractivity contribution in [3.8, 4) is 11.5 Å². The Bertz CT molecular complexity index is 928. The quantitative estimate of drug-likeness (QED) is 0.569. The summed E-state index contributed by atoms with van der Waals surface area (Å²) in [6, 6.07) is 13.2. The Labute approximate surface area is 190 Å². The van der Waals surface area contributed by atoms with Gasteiger partial charge in [-0.05, 0) is 55.5 Å². The molecule has 0 saturated carbocycles. The molecule has 0 radical (unpaired) electrons. The number of nitrogens with one attached hydrogen (secondary N) is 1. The molecule has 32 heavy (non-hydrogen) atoms. The lowest BCUT2D eigenvalue weighted by molar-refractivity contribution is -0.140. The van der Waals surface area contributed by atoms with Crippen molar-refractivity contribution < 1.29 is 19.1 Å². The van der Waals surface area contributed by atoms with Gasteiger partial charge in [0, 0.05) is 19.5 Å². The van der Waals surface area contributed by atoms with Gasteiger partial charge in [-0.2, -0.15) is 0 Å². The summed E-state index contributed by atoms with van der Waals surface area (Å²) in [4.78, 5) is 27.7. The third-order valence-corrected chi connectivity index (χ3v) is 5.83. The summed E-state index contributed by atoms with van der Waals surface area (Å²) in [6.45, 7) is 8.04. The van der Waals surface area contributed by atoms with E-state index in [9.17, 15) is 9.59 Å². The number of rotatable bonds is 10. The molecule has 172 valence electrons. The topological polar surface area (TPSA) is 67.9 Å². The minimum Gasteiger partial charge on any atom is -0.486 e. The maximum atomic E-state index is 13.3. The number of nitrogens with zero attached hydrogens (tertiary/aromatic N) is 1. The fourth-order valence-corrected chi connectivity index (χ4v) is 3.73. The Kier molecular flexibility index (Phi) is 8.54. The van der Waals surface area contributed by atoms with Gasteiger partial charge in [-0.3, -0.25) is 9.59 Å². The van der Waals surface area contributed by atoms with Crippen LogP contribution in [0.25, 0.3) is 0 Å². The van der Waals surface area contributed by atoms with Crippen LogP contribution in [0.15, 0.2) is 42.5 Å². The first-order valence-corrected chi connectivity index (χ1v) is 11.5. The average Bonchev–Trinajstić information content (AvgIpc) is 2.81. The number of hydrogen-bond acceptors (Lipinski definition) is 4. The van der Waals surface area contributed by atoms with Crippen molar-refractivity contribution >= 4 is 11.8 Å². The molecule has 2 amide bonds. The lowest BCUT2D eigenvalue weighted by Gasteiger charge is -2.29. The van der Waals surface area contributed by atoms with Crippen LogP contribution < -0.4 is 14.8 Å². The third kappa shape index (κ3) is 6.25. The summed E-state index contributed by atoms with van der Waals surface area (Å²) in [5, 5.41) is 2.96. The van der Waals surface area contributed by atoms with Gasteiger partial charge in [-0.1, -0.05) is 43.7 Å². The molecule has 1 atom stereocenters. The van der Waals surface area contributed by atoms with Gasteiger partial charge in [-0.25, -0.2) is 0 Å². The first-order valence-electron chi connectivity index (χ1n) is 11.5. The number of unbranched alkanes of at least 4 members (excludes halogenated alkanes) is 1. The molecular weight excluding hydrogens is 404 g/mol. The number of ether oxygens (including phenoxy) is 2. The van der Waals surface area contributed by atoms with Gasteiger partial charge >= 0.3 is 0 Å². The molecule has 1 heterocycles. The van der Waals surface area contributed by atoms with Crippen molar-refractivity contribution in [1.82, 2.24) is 10.2 Å². The highest BCUT2D eigenvalue weighted by atomic mass is 16.6. The largest absolute Gasteiger partial charge is 0.486 e. The molecule has 1 aliphatic rings. The molecule has 1 N–H and O–H groups in total. The van der Waals surface area contributed by atoms with E-state index in [1.807, 2.05) is 56.3 Å². The highest BCUT2D eigenvalue weighted by Gasteiger charge is 2.26. The second-order valence-corrected chi connectivity index (χ2v) is 8.25. The molecular formula is C26H34N2O4. The normalized spacial score (nSPS) is 13.3. The van der Waals surface area contributed by atoms with Gasteiger partial charge in [0.25, 0.3) is 0 Å². The van der Waals surface area contributed by atoms with E-state index >= 15 is 0 Å². The maximum absolute atomic E-state index is 13.3. The van der Waals surface area contributed by atoms with Crippen molar-refractivity contribution in [1.29, 1.82) is 0 Å². The standard InChI is InChI=1S/C26H34N2O4/c1-4-5-14-27-26(30)20(3)28(18-22-9-7-6-8-19(22)2)25(29)13-11-21-10-12-23-24(17-21)32-16-15-31-23/h6-10,12,17,20H,4-5,11,13-16,18H2,1-3H3,(H,27,30). The van der Waals surface area contributed by atoms with Gasteiger partial charge in [0.1, 0.15) is 19.3 Å². The minimum atomic E-state index is -0.542. The monoisotopic (exact) mass is 438 g/mol.